The van der Waals surface area contributed by atoms with Gasteiger partial charge in [0.05, 0.1) is 11.7 Å². The number of aliphatic hydroxyl groups excluding tert-OH is 1. The lowest BCUT2D eigenvalue weighted by atomic mass is 9.96. The Hall–Kier alpha value is -1.23. The summed E-state index contributed by atoms with van der Waals surface area (Å²) in [6.07, 6.45) is 5.73. The van der Waals surface area contributed by atoms with Crippen LogP contribution in [0.5, 0.6) is 0 Å². The Kier molecular flexibility index (Phi) is 5.81. The average Bonchev–Trinajstić information content (AvgIpc) is 3.03. The van der Waals surface area contributed by atoms with E-state index in [0.717, 1.165) is 19.4 Å². The predicted octanol–water partition coefficient (Wildman–Crippen LogP) is 3.84. The van der Waals surface area contributed by atoms with E-state index in [1.165, 1.54) is 40.4 Å². The Labute approximate surface area is 142 Å². The van der Waals surface area contributed by atoms with Gasteiger partial charge in [0, 0.05) is 18.0 Å². The normalized spacial score (nSPS) is 16.8. The van der Waals surface area contributed by atoms with Gasteiger partial charge in [0.15, 0.2) is 0 Å². The number of aryl methyl sites for hydroxylation is 2. The maximum Gasteiger partial charge on any atom is 0.110 e. The van der Waals surface area contributed by atoms with Gasteiger partial charge in [0.1, 0.15) is 5.01 Å². The number of nitrogens with zero attached hydrogens (tertiary/aromatic N) is 1. The lowest BCUT2D eigenvalue weighted by molar-refractivity contribution is 0.272. The summed E-state index contributed by atoms with van der Waals surface area (Å²) in [5.74, 6) is 0.346. The molecule has 1 aromatic carbocycles. The first-order chi connectivity index (χ1) is 11.3. The van der Waals surface area contributed by atoms with Crippen molar-refractivity contribution in [1.82, 2.24) is 10.3 Å². The summed E-state index contributed by atoms with van der Waals surface area (Å²) < 4.78 is 0. The molecule has 2 aromatic rings. The molecule has 2 N–H and O–H groups in total. The molecule has 2 atom stereocenters. The van der Waals surface area contributed by atoms with Crippen LogP contribution in [0.4, 0.5) is 0 Å². The number of fused-ring (bicyclic) bond motifs is 1. The Morgan fingerprint density at radius 3 is 2.74 bits per heavy atom. The molecule has 124 valence electrons. The highest BCUT2D eigenvalue weighted by Crippen LogP contribution is 2.30. The molecule has 1 aliphatic carbocycles. The van der Waals surface area contributed by atoms with Crippen molar-refractivity contribution in [3.8, 4) is 0 Å². The lowest BCUT2D eigenvalue weighted by Crippen LogP contribution is -2.25. The molecule has 4 heteroatoms. The highest BCUT2D eigenvalue weighted by atomic mass is 32.1. The molecule has 0 radical (unpaired) electrons. The molecule has 2 unspecified atom stereocenters. The fraction of sp³-hybridized carbons (Fsp3) is 0.526. The minimum absolute atomic E-state index is 0.223. The molecule has 0 saturated carbocycles. The van der Waals surface area contributed by atoms with Crippen molar-refractivity contribution >= 4 is 11.3 Å². The van der Waals surface area contributed by atoms with Crippen LogP contribution < -0.4 is 5.32 Å². The highest BCUT2D eigenvalue weighted by Gasteiger charge is 2.19. The van der Waals surface area contributed by atoms with Gasteiger partial charge in [-0.1, -0.05) is 30.3 Å². The van der Waals surface area contributed by atoms with E-state index in [2.05, 4.69) is 36.5 Å². The minimum atomic E-state index is 0.223. The summed E-state index contributed by atoms with van der Waals surface area (Å²) in [5, 5.41) is 14.2. The number of benzene rings is 1. The molecule has 1 heterocycles. The molecule has 1 aromatic heterocycles. The summed E-state index contributed by atoms with van der Waals surface area (Å²) in [6.45, 7) is 3.29. The van der Waals surface area contributed by atoms with E-state index in [-0.39, 0.29) is 12.6 Å². The molecule has 3 nitrogen and oxygen atoms in total. The van der Waals surface area contributed by atoms with Crippen LogP contribution in [0.3, 0.4) is 0 Å². The van der Waals surface area contributed by atoms with Crippen LogP contribution in [-0.4, -0.2) is 23.2 Å². The molecule has 0 aliphatic heterocycles. The second-order valence-corrected chi connectivity index (χ2v) is 7.49. The highest BCUT2D eigenvalue weighted by molar-refractivity contribution is 7.11. The van der Waals surface area contributed by atoms with Gasteiger partial charge >= 0.3 is 0 Å². The van der Waals surface area contributed by atoms with Crippen LogP contribution in [0.15, 0.2) is 30.3 Å². The predicted molar refractivity (Wildman–Crippen MR) is 96.1 cm³/mol. The number of thiazole rings is 1. The van der Waals surface area contributed by atoms with Gasteiger partial charge in [-0.3, -0.25) is 0 Å². The molecule has 0 saturated heterocycles. The average molecular weight is 330 g/mol. The van der Waals surface area contributed by atoms with E-state index in [0.29, 0.717) is 5.92 Å². The molecule has 1 aliphatic rings. The topological polar surface area (TPSA) is 45.1 Å². The molecule has 0 fully saturated rings. The Morgan fingerprint density at radius 2 is 2.00 bits per heavy atom. The lowest BCUT2D eigenvalue weighted by Gasteiger charge is -2.19. The van der Waals surface area contributed by atoms with E-state index in [4.69, 9.17) is 4.98 Å². The maximum atomic E-state index is 9.35. The van der Waals surface area contributed by atoms with Crippen LogP contribution in [-0.2, 0) is 12.8 Å². The van der Waals surface area contributed by atoms with Crippen LogP contribution in [0.2, 0.25) is 0 Å². The third-order valence-corrected chi connectivity index (χ3v) is 5.99. The van der Waals surface area contributed by atoms with E-state index in [9.17, 15) is 5.11 Å². The van der Waals surface area contributed by atoms with E-state index in [1.807, 2.05) is 17.4 Å². The second kappa shape index (κ2) is 8.04. The Bertz CT molecular complexity index is 588. The summed E-state index contributed by atoms with van der Waals surface area (Å²) in [4.78, 5) is 6.35. The first-order valence-corrected chi connectivity index (χ1v) is 9.47. The zero-order valence-electron chi connectivity index (χ0n) is 13.8. The number of hydrogen-bond acceptors (Lipinski definition) is 4. The summed E-state index contributed by atoms with van der Waals surface area (Å²) >= 11 is 1.88. The number of rotatable bonds is 7. The van der Waals surface area contributed by atoms with Crippen LogP contribution in [0, 0.1) is 0 Å². The van der Waals surface area contributed by atoms with E-state index >= 15 is 0 Å². The van der Waals surface area contributed by atoms with Gasteiger partial charge in [-0.05, 0) is 50.5 Å². The molecular formula is C19H26N2OS. The Balaban J connectivity index is 1.62. The first kappa shape index (κ1) is 16.6. The second-order valence-electron chi connectivity index (χ2n) is 6.38. The number of aromatic nitrogens is 1. The zero-order chi connectivity index (χ0) is 16.1. The largest absolute Gasteiger partial charge is 0.396 e. The van der Waals surface area contributed by atoms with Crippen molar-refractivity contribution in [2.24, 2.45) is 0 Å². The monoisotopic (exact) mass is 330 g/mol. The van der Waals surface area contributed by atoms with Crippen molar-refractivity contribution in [3.05, 3.63) is 51.5 Å². The summed E-state index contributed by atoms with van der Waals surface area (Å²) in [7, 11) is 0. The molecule has 0 amide bonds. The standard InChI is InChI=1S/C19H26N2OS/c1-14(19-21-17-9-5-6-10-18(17)23-19)20-13-16(11-12-22)15-7-3-2-4-8-15/h2-4,7-8,14,16,20,22H,5-6,9-13H2,1H3. The smallest absolute Gasteiger partial charge is 0.110 e. The first-order valence-electron chi connectivity index (χ1n) is 8.65. The van der Waals surface area contributed by atoms with Crippen molar-refractivity contribution in [2.45, 2.75) is 51.0 Å². The summed E-state index contributed by atoms with van der Waals surface area (Å²) in [5.41, 5.74) is 2.62. The van der Waals surface area contributed by atoms with Crippen molar-refractivity contribution in [3.63, 3.8) is 0 Å². The van der Waals surface area contributed by atoms with Gasteiger partial charge in [0.25, 0.3) is 0 Å². The molecule has 23 heavy (non-hydrogen) atoms. The SMILES string of the molecule is CC(NCC(CCO)c1ccccc1)c1nc2c(s1)CCCC2. The molecule has 0 spiro atoms. The van der Waals surface area contributed by atoms with Gasteiger partial charge in [-0.2, -0.15) is 0 Å². The number of nitrogens with one attached hydrogen (secondary N) is 1. The third kappa shape index (κ3) is 4.19. The van der Waals surface area contributed by atoms with Crippen molar-refractivity contribution in [2.75, 3.05) is 13.2 Å². The third-order valence-electron chi connectivity index (χ3n) is 4.65. The van der Waals surface area contributed by atoms with Gasteiger partial charge < -0.3 is 10.4 Å². The Morgan fingerprint density at radius 1 is 1.22 bits per heavy atom. The molecular weight excluding hydrogens is 304 g/mol. The number of aliphatic hydroxyl groups is 1. The van der Waals surface area contributed by atoms with E-state index in [1.54, 1.807) is 0 Å². The maximum absolute atomic E-state index is 9.35. The zero-order valence-corrected chi connectivity index (χ0v) is 14.6. The van der Waals surface area contributed by atoms with Gasteiger partial charge in [-0.15, -0.1) is 11.3 Å². The number of hydrogen-bond donors (Lipinski definition) is 2. The molecule has 0 bridgehead atoms. The van der Waals surface area contributed by atoms with Crippen molar-refractivity contribution in [1.29, 1.82) is 0 Å². The fourth-order valence-electron chi connectivity index (χ4n) is 3.23. The quantitative estimate of drug-likeness (QED) is 0.811. The van der Waals surface area contributed by atoms with E-state index < -0.39 is 0 Å². The van der Waals surface area contributed by atoms with Crippen LogP contribution in [0.25, 0.3) is 0 Å². The van der Waals surface area contributed by atoms with Crippen LogP contribution >= 0.6 is 11.3 Å². The minimum Gasteiger partial charge on any atom is -0.396 e. The summed E-state index contributed by atoms with van der Waals surface area (Å²) in [6, 6.07) is 10.7. The fourth-order valence-corrected chi connectivity index (χ4v) is 4.41. The van der Waals surface area contributed by atoms with Gasteiger partial charge in [0.2, 0.25) is 0 Å². The molecule has 3 rings (SSSR count). The van der Waals surface area contributed by atoms with Crippen LogP contribution in [0.1, 0.15) is 59.3 Å². The van der Waals surface area contributed by atoms with Crippen molar-refractivity contribution < 1.29 is 5.11 Å². The van der Waals surface area contributed by atoms with Gasteiger partial charge in [-0.25, -0.2) is 4.98 Å².